The van der Waals surface area contributed by atoms with Crippen LogP contribution in [0.1, 0.15) is 10.4 Å². The Kier molecular flexibility index (Phi) is 5.19. The summed E-state index contributed by atoms with van der Waals surface area (Å²) in [4.78, 5) is 12.7. The molecule has 0 aliphatic carbocycles. The molecule has 2 nitrogen and oxygen atoms in total. The fourth-order valence-electron chi connectivity index (χ4n) is 1.46. The maximum atomic E-state index is 11.7. The van der Waals surface area contributed by atoms with E-state index in [1.807, 2.05) is 36.4 Å². The normalized spacial score (nSPS) is 10.8. The monoisotopic (exact) mass is 355 g/mol. The van der Waals surface area contributed by atoms with Crippen LogP contribution in [0.15, 0.2) is 46.9 Å². The summed E-state index contributed by atoms with van der Waals surface area (Å²) in [6.07, 6.45) is 3.30. The number of hydrogen-bond donors (Lipinski definition) is 1. The molecule has 0 saturated heterocycles. The summed E-state index contributed by atoms with van der Waals surface area (Å²) in [5, 5.41) is 2.81. The lowest BCUT2D eigenvalue weighted by Crippen LogP contribution is -2.19. The summed E-state index contributed by atoms with van der Waals surface area (Å²) in [6.45, 7) is 0.497. The summed E-state index contributed by atoms with van der Waals surface area (Å²) < 4.78 is 1.69. The van der Waals surface area contributed by atoms with E-state index in [1.165, 1.54) is 17.4 Å². The van der Waals surface area contributed by atoms with E-state index in [2.05, 4.69) is 21.2 Å². The van der Waals surface area contributed by atoms with Crippen molar-refractivity contribution in [2.75, 3.05) is 0 Å². The lowest BCUT2D eigenvalue weighted by atomic mass is 10.2. The van der Waals surface area contributed by atoms with Gasteiger partial charge in [-0.15, -0.1) is 11.3 Å². The lowest BCUT2D eigenvalue weighted by molar-refractivity contribution is -0.116. The number of benzene rings is 1. The first-order chi connectivity index (χ1) is 9.15. The highest BCUT2D eigenvalue weighted by Crippen LogP contribution is 2.21. The van der Waals surface area contributed by atoms with Crippen LogP contribution in [0.5, 0.6) is 0 Å². The van der Waals surface area contributed by atoms with E-state index < -0.39 is 0 Å². The Bertz CT molecular complexity index is 609. The molecule has 0 unspecified atom stereocenters. The molecule has 5 heteroatoms. The van der Waals surface area contributed by atoms with E-state index in [0.29, 0.717) is 6.54 Å². The molecule has 19 heavy (non-hydrogen) atoms. The lowest BCUT2D eigenvalue weighted by Gasteiger charge is -2.00. The molecule has 0 radical (unpaired) electrons. The van der Waals surface area contributed by atoms with Gasteiger partial charge in [0.2, 0.25) is 5.91 Å². The zero-order valence-corrected chi connectivity index (χ0v) is 13.1. The van der Waals surface area contributed by atoms with Gasteiger partial charge < -0.3 is 5.32 Å². The van der Waals surface area contributed by atoms with Crippen LogP contribution in [-0.4, -0.2) is 5.91 Å². The summed E-state index contributed by atoms with van der Waals surface area (Å²) in [5.41, 5.74) is 0.969. The molecule has 0 aliphatic heterocycles. The summed E-state index contributed by atoms with van der Waals surface area (Å²) in [7, 11) is 0. The molecule has 2 aromatic rings. The third-order valence-corrected chi connectivity index (χ3v) is 4.34. The van der Waals surface area contributed by atoms with Crippen molar-refractivity contribution in [3.05, 3.63) is 61.7 Å². The Morgan fingerprint density at radius 3 is 2.79 bits per heavy atom. The van der Waals surface area contributed by atoms with Crippen molar-refractivity contribution in [3.63, 3.8) is 0 Å². The van der Waals surface area contributed by atoms with Gasteiger partial charge in [0, 0.05) is 15.4 Å². The summed E-state index contributed by atoms with van der Waals surface area (Å²) in [5.74, 6) is -0.125. The van der Waals surface area contributed by atoms with Crippen LogP contribution in [-0.2, 0) is 11.3 Å². The molecule has 1 heterocycles. The van der Waals surface area contributed by atoms with Crippen LogP contribution in [0.4, 0.5) is 0 Å². The van der Waals surface area contributed by atoms with E-state index in [4.69, 9.17) is 11.6 Å². The quantitative estimate of drug-likeness (QED) is 0.803. The second-order valence-electron chi connectivity index (χ2n) is 3.78. The fraction of sp³-hybridized carbons (Fsp3) is 0.0714. The van der Waals surface area contributed by atoms with Crippen molar-refractivity contribution in [2.45, 2.75) is 6.54 Å². The van der Waals surface area contributed by atoms with Crippen LogP contribution in [0.3, 0.4) is 0 Å². The maximum absolute atomic E-state index is 11.7. The van der Waals surface area contributed by atoms with E-state index in [9.17, 15) is 4.79 Å². The molecular weight excluding hydrogens is 346 g/mol. The molecule has 98 valence electrons. The van der Waals surface area contributed by atoms with Crippen molar-refractivity contribution < 1.29 is 4.79 Å². The van der Waals surface area contributed by atoms with Gasteiger partial charge in [0.05, 0.1) is 10.9 Å². The Hall–Kier alpha value is -1.10. The fourth-order valence-corrected chi connectivity index (χ4v) is 2.90. The minimum atomic E-state index is -0.125. The van der Waals surface area contributed by atoms with Gasteiger partial charge in [-0.25, -0.2) is 0 Å². The highest BCUT2D eigenvalue weighted by Gasteiger charge is 2.00. The number of hydrogen-bond acceptors (Lipinski definition) is 2. The predicted octanol–water partition coefficient (Wildman–Crippen LogP) is 4.49. The van der Waals surface area contributed by atoms with E-state index in [1.54, 1.807) is 6.08 Å². The molecule has 1 amide bonds. The molecule has 0 atom stereocenters. The molecule has 1 aromatic carbocycles. The van der Waals surface area contributed by atoms with Crippen molar-refractivity contribution in [2.24, 2.45) is 0 Å². The van der Waals surface area contributed by atoms with Crippen LogP contribution < -0.4 is 5.32 Å². The first-order valence-electron chi connectivity index (χ1n) is 5.60. The molecular formula is C14H11BrClNOS. The molecule has 0 aliphatic rings. The Morgan fingerprint density at radius 1 is 1.32 bits per heavy atom. The van der Waals surface area contributed by atoms with Crippen molar-refractivity contribution in [1.29, 1.82) is 0 Å². The van der Waals surface area contributed by atoms with Crippen LogP contribution in [0, 0.1) is 0 Å². The third-order valence-electron chi connectivity index (χ3n) is 2.39. The SMILES string of the molecule is O=C(/C=C/c1ccccc1Br)NCc1ccc(Cl)s1. The van der Waals surface area contributed by atoms with E-state index in [0.717, 1.165) is 19.2 Å². The van der Waals surface area contributed by atoms with Crippen molar-refractivity contribution >= 4 is 50.9 Å². The smallest absolute Gasteiger partial charge is 0.244 e. The molecule has 0 bridgehead atoms. The summed E-state index contributed by atoms with van der Waals surface area (Å²) in [6, 6.07) is 11.5. The first kappa shape index (κ1) is 14.3. The Labute approximate surface area is 129 Å². The van der Waals surface area contributed by atoms with Gasteiger partial charge >= 0.3 is 0 Å². The average Bonchev–Trinajstić information content (AvgIpc) is 2.81. The van der Waals surface area contributed by atoms with Gasteiger partial charge in [0.1, 0.15) is 0 Å². The second kappa shape index (κ2) is 6.89. The second-order valence-corrected chi connectivity index (χ2v) is 6.43. The Balaban J connectivity index is 1.89. The van der Waals surface area contributed by atoms with Crippen LogP contribution in [0.2, 0.25) is 4.34 Å². The van der Waals surface area contributed by atoms with Gasteiger partial charge in [0.15, 0.2) is 0 Å². The number of carbonyl (C=O) groups is 1. The first-order valence-corrected chi connectivity index (χ1v) is 7.58. The molecule has 0 spiro atoms. The molecule has 0 saturated carbocycles. The minimum absolute atomic E-state index is 0.125. The van der Waals surface area contributed by atoms with Crippen LogP contribution in [0.25, 0.3) is 6.08 Å². The number of thiophene rings is 1. The van der Waals surface area contributed by atoms with Crippen molar-refractivity contribution in [3.8, 4) is 0 Å². The standard InChI is InChI=1S/C14H11BrClNOS/c15-12-4-2-1-3-10(12)5-8-14(18)17-9-11-6-7-13(16)19-11/h1-8H,9H2,(H,17,18)/b8-5+. The topological polar surface area (TPSA) is 29.1 Å². The Morgan fingerprint density at radius 2 is 2.11 bits per heavy atom. The van der Waals surface area contributed by atoms with E-state index >= 15 is 0 Å². The van der Waals surface area contributed by atoms with Crippen LogP contribution >= 0.6 is 38.9 Å². The highest BCUT2D eigenvalue weighted by molar-refractivity contribution is 9.10. The van der Waals surface area contributed by atoms with Gasteiger partial charge in [-0.1, -0.05) is 45.7 Å². The molecule has 1 aromatic heterocycles. The summed E-state index contributed by atoms with van der Waals surface area (Å²) >= 11 is 10.7. The number of carbonyl (C=O) groups excluding carboxylic acids is 1. The average molecular weight is 357 g/mol. The van der Waals surface area contributed by atoms with Crippen molar-refractivity contribution in [1.82, 2.24) is 5.32 Å². The predicted molar refractivity (Wildman–Crippen MR) is 84.4 cm³/mol. The van der Waals surface area contributed by atoms with Gasteiger partial charge in [0.25, 0.3) is 0 Å². The number of nitrogens with one attached hydrogen (secondary N) is 1. The maximum Gasteiger partial charge on any atom is 0.244 e. The molecule has 2 rings (SSSR count). The third kappa shape index (κ3) is 4.49. The minimum Gasteiger partial charge on any atom is -0.348 e. The van der Waals surface area contributed by atoms with Gasteiger partial charge in [-0.05, 0) is 29.8 Å². The highest BCUT2D eigenvalue weighted by atomic mass is 79.9. The number of halogens is 2. The van der Waals surface area contributed by atoms with Gasteiger partial charge in [-0.2, -0.15) is 0 Å². The zero-order valence-electron chi connectivity index (χ0n) is 9.90. The number of amides is 1. The number of rotatable bonds is 4. The molecule has 0 fully saturated rings. The largest absolute Gasteiger partial charge is 0.348 e. The van der Waals surface area contributed by atoms with E-state index in [-0.39, 0.29) is 5.91 Å². The molecule has 1 N–H and O–H groups in total. The zero-order chi connectivity index (χ0) is 13.7. The van der Waals surface area contributed by atoms with Gasteiger partial charge in [-0.3, -0.25) is 4.79 Å².